The summed E-state index contributed by atoms with van der Waals surface area (Å²) in [4.78, 5) is 8.96. The van der Waals surface area contributed by atoms with E-state index in [0.717, 1.165) is 28.7 Å². The first-order chi connectivity index (χ1) is 10.9. The summed E-state index contributed by atoms with van der Waals surface area (Å²) < 4.78 is 24.6. The van der Waals surface area contributed by atoms with Crippen LogP contribution in [0.3, 0.4) is 0 Å². The maximum Gasteiger partial charge on any atom is 0.152 e. The lowest BCUT2D eigenvalue weighted by atomic mass is 10.2. The first-order valence-electron chi connectivity index (χ1n) is 7.55. The molecule has 0 amide bonds. The van der Waals surface area contributed by atoms with Gasteiger partial charge in [0.25, 0.3) is 0 Å². The molecule has 0 atom stereocenters. The fraction of sp³-hybridized carbons (Fsp3) is 0.375. The average molecular weight is 332 g/mol. The molecule has 0 unspecified atom stereocenters. The Labute approximate surface area is 135 Å². The number of anilines is 1. The molecular formula is C16H20N4O2S. The van der Waals surface area contributed by atoms with Crippen molar-refractivity contribution in [2.45, 2.75) is 26.3 Å². The van der Waals surface area contributed by atoms with Gasteiger partial charge in [-0.2, -0.15) is 0 Å². The fourth-order valence-corrected chi connectivity index (χ4v) is 3.61. The highest BCUT2D eigenvalue weighted by Crippen LogP contribution is 2.28. The van der Waals surface area contributed by atoms with Crippen LogP contribution in [0.5, 0.6) is 0 Å². The van der Waals surface area contributed by atoms with E-state index in [0.29, 0.717) is 24.3 Å². The number of unbranched alkanes of at least 4 members (excludes halogenated alkanes) is 1. The van der Waals surface area contributed by atoms with E-state index >= 15 is 0 Å². The molecule has 0 aliphatic rings. The van der Waals surface area contributed by atoms with Gasteiger partial charge in [0, 0.05) is 23.9 Å². The van der Waals surface area contributed by atoms with E-state index in [9.17, 15) is 8.42 Å². The standard InChI is InChI=1S/C16H20N4O2S/c1-11-18-14-15(20(11)9-5-6-10-23(2,21)22)12-7-3-4-8-13(12)19-16(14)17/h3-4,7-8H,5-6,9-10H2,1-2H3,(H2,17,19). The average Bonchev–Trinajstić information content (AvgIpc) is 2.81. The number of pyridine rings is 1. The van der Waals surface area contributed by atoms with Gasteiger partial charge in [0.1, 0.15) is 21.2 Å². The van der Waals surface area contributed by atoms with E-state index in [-0.39, 0.29) is 5.75 Å². The Morgan fingerprint density at radius 3 is 2.65 bits per heavy atom. The van der Waals surface area contributed by atoms with Crippen LogP contribution >= 0.6 is 0 Å². The van der Waals surface area contributed by atoms with Gasteiger partial charge in [0.15, 0.2) is 5.82 Å². The molecule has 0 aliphatic heterocycles. The number of hydrogen-bond donors (Lipinski definition) is 1. The number of nitrogens with two attached hydrogens (primary N) is 1. The maximum atomic E-state index is 11.2. The predicted octanol–water partition coefficient (Wildman–Crippen LogP) is 2.30. The van der Waals surface area contributed by atoms with E-state index in [1.54, 1.807) is 0 Å². The molecule has 2 N–H and O–H groups in total. The van der Waals surface area contributed by atoms with Gasteiger partial charge in [0.05, 0.1) is 11.0 Å². The summed E-state index contributed by atoms with van der Waals surface area (Å²) in [6.45, 7) is 2.65. The van der Waals surface area contributed by atoms with Crippen molar-refractivity contribution in [3.05, 3.63) is 30.1 Å². The summed E-state index contributed by atoms with van der Waals surface area (Å²) in [5, 5.41) is 1.01. The highest BCUT2D eigenvalue weighted by Gasteiger charge is 2.14. The number of benzene rings is 1. The van der Waals surface area contributed by atoms with Crippen molar-refractivity contribution in [2.75, 3.05) is 17.7 Å². The number of imidazole rings is 1. The van der Waals surface area contributed by atoms with Crippen LogP contribution in [-0.4, -0.2) is 35.0 Å². The number of rotatable bonds is 5. The summed E-state index contributed by atoms with van der Waals surface area (Å²) in [7, 11) is -2.91. The van der Waals surface area contributed by atoms with Crippen molar-refractivity contribution in [2.24, 2.45) is 0 Å². The van der Waals surface area contributed by atoms with Crippen molar-refractivity contribution in [3.8, 4) is 0 Å². The van der Waals surface area contributed by atoms with Crippen LogP contribution in [0.2, 0.25) is 0 Å². The molecule has 0 saturated heterocycles. The first kappa shape index (κ1) is 15.7. The van der Waals surface area contributed by atoms with Gasteiger partial charge < -0.3 is 10.3 Å². The zero-order chi connectivity index (χ0) is 16.6. The summed E-state index contributed by atoms with van der Waals surface area (Å²) in [6.07, 6.45) is 2.68. The molecule has 6 nitrogen and oxygen atoms in total. The largest absolute Gasteiger partial charge is 0.382 e. The Kier molecular flexibility index (Phi) is 3.97. The molecule has 0 bridgehead atoms. The SMILES string of the molecule is Cc1nc2c(N)nc3ccccc3c2n1CCCCS(C)(=O)=O. The molecule has 122 valence electrons. The molecule has 0 spiro atoms. The summed E-state index contributed by atoms with van der Waals surface area (Å²) in [6, 6.07) is 7.84. The molecule has 0 fully saturated rings. The zero-order valence-corrected chi connectivity index (χ0v) is 14.1. The molecule has 1 aromatic carbocycles. The Morgan fingerprint density at radius 2 is 1.91 bits per heavy atom. The summed E-state index contributed by atoms with van der Waals surface area (Å²) >= 11 is 0. The van der Waals surface area contributed by atoms with Crippen molar-refractivity contribution in [1.82, 2.24) is 14.5 Å². The van der Waals surface area contributed by atoms with Crippen LogP contribution in [0.25, 0.3) is 21.9 Å². The first-order valence-corrected chi connectivity index (χ1v) is 9.61. The van der Waals surface area contributed by atoms with Crippen LogP contribution in [0.4, 0.5) is 5.82 Å². The van der Waals surface area contributed by atoms with E-state index in [4.69, 9.17) is 5.73 Å². The highest BCUT2D eigenvalue weighted by molar-refractivity contribution is 7.90. The molecule has 0 saturated carbocycles. The number of fused-ring (bicyclic) bond motifs is 3. The molecule has 23 heavy (non-hydrogen) atoms. The minimum Gasteiger partial charge on any atom is -0.382 e. The molecule has 0 radical (unpaired) electrons. The monoisotopic (exact) mass is 332 g/mol. The van der Waals surface area contributed by atoms with Gasteiger partial charge in [-0.15, -0.1) is 0 Å². The second kappa shape index (κ2) is 5.81. The van der Waals surface area contributed by atoms with Crippen molar-refractivity contribution >= 4 is 37.6 Å². The number of sulfone groups is 1. The molecule has 0 aliphatic carbocycles. The van der Waals surface area contributed by atoms with Crippen molar-refractivity contribution < 1.29 is 8.42 Å². The molecule has 2 aromatic heterocycles. The molecule has 3 rings (SSSR count). The van der Waals surface area contributed by atoms with Gasteiger partial charge in [0.2, 0.25) is 0 Å². The number of para-hydroxylation sites is 1. The van der Waals surface area contributed by atoms with E-state index in [1.165, 1.54) is 6.26 Å². The zero-order valence-electron chi connectivity index (χ0n) is 13.3. The number of hydrogen-bond acceptors (Lipinski definition) is 5. The number of aromatic nitrogens is 3. The smallest absolute Gasteiger partial charge is 0.152 e. The van der Waals surface area contributed by atoms with Crippen LogP contribution in [0, 0.1) is 6.92 Å². The van der Waals surface area contributed by atoms with E-state index in [1.807, 2.05) is 31.2 Å². The minimum absolute atomic E-state index is 0.211. The van der Waals surface area contributed by atoms with Crippen LogP contribution in [0.15, 0.2) is 24.3 Å². The lowest BCUT2D eigenvalue weighted by molar-refractivity contribution is 0.588. The lowest BCUT2D eigenvalue weighted by Crippen LogP contribution is -2.06. The van der Waals surface area contributed by atoms with Crippen molar-refractivity contribution in [1.29, 1.82) is 0 Å². The topological polar surface area (TPSA) is 90.9 Å². The Balaban J connectivity index is 2.01. The third kappa shape index (κ3) is 3.14. The van der Waals surface area contributed by atoms with Gasteiger partial charge in [-0.05, 0) is 25.8 Å². The Bertz CT molecular complexity index is 977. The summed E-state index contributed by atoms with van der Waals surface area (Å²) in [5.41, 5.74) is 8.58. The van der Waals surface area contributed by atoms with Gasteiger partial charge >= 0.3 is 0 Å². The molecule has 3 aromatic rings. The minimum atomic E-state index is -2.91. The third-order valence-corrected chi connectivity index (χ3v) is 4.98. The van der Waals surface area contributed by atoms with Gasteiger partial charge in [-0.3, -0.25) is 0 Å². The molecular weight excluding hydrogens is 312 g/mol. The molecule has 7 heteroatoms. The van der Waals surface area contributed by atoms with E-state index < -0.39 is 9.84 Å². The second-order valence-corrected chi connectivity index (χ2v) is 8.12. The van der Waals surface area contributed by atoms with Crippen LogP contribution in [0.1, 0.15) is 18.7 Å². The number of aryl methyl sites for hydroxylation is 2. The van der Waals surface area contributed by atoms with E-state index in [2.05, 4.69) is 14.5 Å². The maximum absolute atomic E-state index is 11.2. The summed E-state index contributed by atoms with van der Waals surface area (Å²) in [5.74, 6) is 1.50. The second-order valence-electron chi connectivity index (χ2n) is 5.86. The van der Waals surface area contributed by atoms with Gasteiger partial charge in [-0.25, -0.2) is 18.4 Å². The lowest BCUT2D eigenvalue weighted by Gasteiger charge is -2.09. The number of nitrogen functional groups attached to an aromatic ring is 1. The highest BCUT2D eigenvalue weighted by atomic mass is 32.2. The predicted molar refractivity (Wildman–Crippen MR) is 93.1 cm³/mol. The molecule has 2 heterocycles. The Hall–Kier alpha value is -2.15. The van der Waals surface area contributed by atoms with Crippen LogP contribution in [-0.2, 0) is 16.4 Å². The van der Waals surface area contributed by atoms with Crippen molar-refractivity contribution in [3.63, 3.8) is 0 Å². The number of nitrogens with zero attached hydrogens (tertiary/aromatic N) is 3. The quantitative estimate of drug-likeness (QED) is 0.724. The van der Waals surface area contributed by atoms with Crippen LogP contribution < -0.4 is 5.73 Å². The fourth-order valence-electron chi connectivity index (χ4n) is 2.88. The normalized spacial score (nSPS) is 12.3. The third-order valence-electron chi connectivity index (χ3n) is 3.95. The Morgan fingerprint density at radius 1 is 1.17 bits per heavy atom. The van der Waals surface area contributed by atoms with Gasteiger partial charge in [-0.1, -0.05) is 18.2 Å².